The summed E-state index contributed by atoms with van der Waals surface area (Å²) in [7, 11) is -2.11. The Bertz CT molecular complexity index is 407. The fourth-order valence-electron chi connectivity index (χ4n) is 0.774. The summed E-state index contributed by atoms with van der Waals surface area (Å²) >= 11 is 1.07. The first kappa shape index (κ1) is 10.2. The molecule has 0 bridgehead atoms. The van der Waals surface area contributed by atoms with Crippen molar-refractivity contribution in [1.82, 2.24) is 4.72 Å². The molecule has 0 aromatic carbocycles. The average Bonchev–Trinajstić information content (AvgIpc) is 2.54. The molecule has 0 fully saturated rings. The monoisotopic (exact) mass is 220 g/mol. The van der Waals surface area contributed by atoms with Gasteiger partial charge in [0, 0.05) is 5.56 Å². The lowest BCUT2D eigenvalue weighted by Gasteiger charge is -1.98. The van der Waals surface area contributed by atoms with E-state index in [0.29, 0.717) is 5.56 Å². The molecule has 0 unspecified atom stereocenters. The van der Waals surface area contributed by atoms with E-state index < -0.39 is 10.0 Å². The van der Waals surface area contributed by atoms with E-state index in [1.54, 1.807) is 11.4 Å². The molecule has 13 heavy (non-hydrogen) atoms. The summed E-state index contributed by atoms with van der Waals surface area (Å²) in [5.74, 6) is 0. The molecule has 7 heteroatoms. The predicted octanol–water partition coefficient (Wildman–Crippen LogP) is 0.464. The van der Waals surface area contributed by atoms with E-state index in [4.69, 9.17) is 5.21 Å². The van der Waals surface area contributed by atoms with Crippen molar-refractivity contribution < 1.29 is 13.6 Å². The van der Waals surface area contributed by atoms with Crippen LogP contribution < -0.4 is 4.72 Å². The second-order valence-electron chi connectivity index (χ2n) is 2.12. The highest BCUT2D eigenvalue weighted by atomic mass is 32.2. The van der Waals surface area contributed by atoms with Crippen LogP contribution >= 0.6 is 11.3 Å². The summed E-state index contributed by atoms with van der Waals surface area (Å²) in [6.07, 6.45) is 1.08. The van der Waals surface area contributed by atoms with E-state index in [9.17, 15) is 8.42 Å². The van der Waals surface area contributed by atoms with E-state index in [1.165, 1.54) is 7.05 Å². The molecular formula is C6H8N2O3S2. The summed E-state index contributed by atoms with van der Waals surface area (Å²) < 4.78 is 25.0. The minimum atomic E-state index is -3.44. The maximum Gasteiger partial charge on any atom is 0.250 e. The molecule has 0 amide bonds. The van der Waals surface area contributed by atoms with Crippen LogP contribution in [0.5, 0.6) is 0 Å². The molecule has 0 radical (unpaired) electrons. The van der Waals surface area contributed by atoms with Gasteiger partial charge in [0.15, 0.2) is 0 Å². The summed E-state index contributed by atoms with van der Waals surface area (Å²) in [6, 6.07) is 1.56. The van der Waals surface area contributed by atoms with Crippen LogP contribution in [0.1, 0.15) is 5.56 Å². The van der Waals surface area contributed by atoms with E-state index in [0.717, 1.165) is 17.6 Å². The highest BCUT2D eigenvalue weighted by molar-refractivity contribution is 7.91. The van der Waals surface area contributed by atoms with Crippen LogP contribution in [-0.2, 0) is 10.0 Å². The van der Waals surface area contributed by atoms with Crippen molar-refractivity contribution >= 4 is 27.6 Å². The zero-order valence-corrected chi connectivity index (χ0v) is 8.39. The molecule has 5 nitrogen and oxygen atoms in total. The lowest BCUT2D eigenvalue weighted by Crippen LogP contribution is -2.18. The number of nitrogens with zero attached hydrogens (tertiary/aromatic N) is 1. The SMILES string of the molecule is CNS(=O)(=O)c1sccc1/C=N/O. The fraction of sp³-hybridized carbons (Fsp3) is 0.167. The molecule has 0 spiro atoms. The van der Waals surface area contributed by atoms with Gasteiger partial charge in [-0.25, -0.2) is 13.1 Å². The van der Waals surface area contributed by atoms with Crippen molar-refractivity contribution in [3.8, 4) is 0 Å². The van der Waals surface area contributed by atoms with Crippen molar-refractivity contribution in [3.05, 3.63) is 17.0 Å². The molecule has 1 aromatic heterocycles. The minimum Gasteiger partial charge on any atom is -0.411 e. The quantitative estimate of drug-likeness (QED) is 0.441. The minimum absolute atomic E-state index is 0.146. The maximum absolute atomic E-state index is 11.3. The molecule has 0 aliphatic carbocycles. The highest BCUT2D eigenvalue weighted by Gasteiger charge is 2.16. The van der Waals surface area contributed by atoms with Crippen LogP contribution in [0.3, 0.4) is 0 Å². The average molecular weight is 220 g/mol. The molecule has 1 heterocycles. The second kappa shape index (κ2) is 3.86. The standard InChI is InChI=1S/C6H8N2O3S2/c1-7-13(10,11)6-5(4-8-9)2-3-12-6/h2-4,7,9H,1H3/b8-4+. The third-order valence-corrected chi connectivity index (χ3v) is 4.30. The Hall–Kier alpha value is -0.920. The van der Waals surface area contributed by atoms with Gasteiger partial charge in [-0.2, -0.15) is 0 Å². The summed E-state index contributed by atoms with van der Waals surface area (Å²) in [6.45, 7) is 0. The second-order valence-corrected chi connectivity index (χ2v) is 5.11. The number of thiophene rings is 1. The van der Waals surface area contributed by atoms with Gasteiger partial charge in [-0.05, 0) is 18.5 Å². The Balaban J connectivity index is 3.23. The van der Waals surface area contributed by atoms with Gasteiger partial charge < -0.3 is 5.21 Å². The molecule has 0 saturated carbocycles. The van der Waals surface area contributed by atoms with E-state index in [-0.39, 0.29) is 4.21 Å². The molecule has 1 aromatic rings. The van der Waals surface area contributed by atoms with Crippen LogP contribution in [0.15, 0.2) is 20.8 Å². The molecule has 0 aliphatic rings. The molecule has 0 atom stereocenters. The van der Waals surface area contributed by atoms with Crippen LogP contribution in [0.2, 0.25) is 0 Å². The van der Waals surface area contributed by atoms with Crippen molar-refractivity contribution in [2.45, 2.75) is 4.21 Å². The molecule has 0 aliphatic heterocycles. The first-order valence-electron chi connectivity index (χ1n) is 3.30. The van der Waals surface area contributed by atoms with Gasteiger partial charge in [-0.3, -0.25) is 0 Å². The van der Waals surface area contributed by atoms with Crippen LogP contribution in [0.4, 0.5) is 0 Å². The van der Waals surface area contributed by atoms with Gasteiger partial charge in [-0.15, -0.1) is 11.3 Å². The Morgan fingerprint density at radius 1 is 1.69 bits per heavy atom. The first-order chi connectivity index (χ1) is 6.11. The maximum atomic E-state index is 11.3. The zero-order chi connectivity index (χ0) is 9.90. The smallest absolute Gasteiger partial charge is 0.250 e. The number of nitrogens with one attached hydrogen (secondary N) is 1. The lowest BCUT2D eigenvalue weighted by atomic mass is 10.4. The summed E-state index contributed by atoms with van der Waals surface area (Å²) in [5.41, 5.74) is 0.377. The van der Waals surface area contributed by atoms with Gasteiger partial charge in [0.1, 0.15) is 4.21 Å². The zero-order valence-electron chi connectivity index (χ0n) is 6.76. The molecule has 2 N–H and O–H groups in total. The first-order valence-corrected chi connectivity index (χ1v) is 5.66. The van der Waals surface area contributed by atoms with Crippen molar-refractivity contribution in [2.24, 2.45) is 5.16 Å². The largest absolute Gasteiger partial charge is 0.411 e. The fourth-order valence-corrected chi connectivity index (χ4v) is 2.91. The molecule has 1 rings (SSSR count). The number of hydrogen-bond acceptors (Lipinski definition) is 5. The van der Waals surface area contributed by atoms with Gasteiger partial charge in [0.2, 0.25) is 10.0 Å². The van der Waals surface area contributed by atoms with E-state index in [2.05, 4.69) is 9.88 Å². The normalized spacial score (nSPS) is 12.4. The third kappa shape index (κ3) is 2.06. The summed E-state index contributed by atoms with van der Waals surface area (Å²) in [4.78, 5) is 0. The number of hydrogen-bond donors (Lipinski definition) is 2. The van der Waals surface area contributed by atoms with Crippen molar-refractivity contribution in [1.29, 1.82) is 0 Å². The Labute approximate surface area is 79.8 Å². The highest BCUT2D eigenvalue weighted by Crippen LogP contribution is 2.20. The number of oxime groups is 1. The summed E-state index contributed by atoms with van der Waals surface area (Å²) in [5, 5.41) is 12.6. The van der Waals surface area contributed by atoms with Gasteiger partial charge in [0.25, 0.3) is 0 Å². The van der Waals surface area contributed by atoms with Crippen molar-refractivity contribution in [2.75, 3.05) is 7.05 Å². The van der Waals surface area contributed by atoms with Crippen LogP contribution in [-0.4, -0.2) is 26.9 Å². The van der Waals surface area contributed by atoms with E-state index >= 15 is 0 Å². The molecule has 72 valence electrons. The molecular weight excluding hydrogens is 212 g/mol. The van der Waals surface area contributed by atoms with Gasteiger partial charge in [-0.1, -0.05) is 5.16 Å². The Morgan fingerprint density at radius 3 is 2.92 bits per heavy atom. The van der Waals surface area contributed by atoms with Gasteiger partial charge >= 0.3 is 0 Å². The van der Waals surface area contributed by atoms with Gasteiger partial charge in [0.05, 0.1) is 6.21 Å². The van der Waals surface area contributed by atoms with Crippen molar-refractivity contribution in [3.63, 3.8) is 0 Å². The Kier molecular flexibility index (Phi) is 3.02. The lowest BCUT2D eigenvalue weighted by molar-refractivity contribution is 0.322. The molecule has 0 saturated heterocycles. The third-order valence-electron chi connectivity index (χ3n) is 1.37. The Morgan fingerprint density at radius 2 is 2.38 bits per heavy atom. The van der Waals surface area contributed by atoms with E-state index in [1.807, 2.05) is 0 Å². The predicted molar refractivity (Wildman–Crippen MR) is 49.9 cm³/mol. The van der Waals surface area contributed by atoms with Crippen LogP contribution in [0.25, 0.3) is 0 Å². The number of sulfonamides is 1. The number of rotatable bonds is 3. The van der Waals surface area contributed by atoms with Crippen LogP contribution in [0, 0.1) is 0 Å². The topological polar surface area (TPSA) is 78.8 Å².